The summed E-state index contributed by atoms with van der Waals surface area (Å²) in [6.45, 7) is 4.43. The van der Waals surface area contributed by atoms with Gasteiger partial charge in [0.1, 0.15) is 29.6 Å². The number of nitrogens with zero attached hydrogens (tertiary/aromatic N) is 5. The average molecular weight is 470 g/mol. The maximum atomic E-state index is 12.3. The Morgan fingerprint density at radius 2 is 1.79 bits per heavy atom. The predicted octanol–water partition coefficient (Wildman–Crippen LogP) is 3.62. The molecule has 1 aliphatic rings. The van der Waals surface area contributed by atoms with Crippen molar-refractivity contribution in [1.29, 1.82) is 0 Å². The molecule has 11 heteroatoms. The molecule has 1 atom stereocenters. The number of aryl methyl sites for hydroxylation is 2. The molecule has 2 N–H and O–H groups in total. The number of sulfonamides is 1. The molecule has 0 saturated carbocycles. The van der Waals surface area contributed by atoms with Gasteiger partial charge in [0.2, 0.25) is 10.0 Å². The van der Waals surface area contributed by atoms with E-state index in [2.05, 4.69) is 30.6 Å². The highest BCUT2D eigenvalue weighted by molar-refractivity contribution is 7.92. The lowest BCUT2D eigenvalue weighted by Gasteiger charge is -2.23. The lowest BCUT2D eigenvalue weighted by atomic mass is 10.0. The third-order valence-corrected chi connectivity index (χ3v) is 6.50. The molecule has 1 unspecified atom stereocenters. The van der Waals surface area contributed by atoms with Gasteiger partial charge in [-0.25, -0.2) is 28.4 Å². The summed E-state index contributed by atoms with van der Waals surface area (Å²) in [6, 6.07) is 9.20. The predicted molar refractivity (Wildman–Crippen MR) is 128 cm³/mol. The van der Waals surface area contributed by atoms with Crippen molar-refractivity contribution in [3.8, 4) is 0 Å². The van der Waals surface area contributed by atoms with Gasteiger partial charge in [-0.05, 0) is 44.4 Å². The second-order valence-electron chi connectivity index (χ2n) is 7.99. The second-order valence-corrected chi connectivity index (χ2v) is 10.0. The van der Waals surface area contributed by atoms with Crippen molar-refractivity contribution in [3.05, 3.63) is 53.7 Å². The molecule has 0 spiro atoms. The van der Waals surface area contributed by atoms with Crippen molar-refractivity contribution in [2.45, 2.75) is 32.8 Å². The third kappa shape index (κ3) is 5.55. The van der Waals surface area contributed by atoms with Gasteiger partial charge < -0.3 is 15.4 Å². The van der Waals surface area contributed by atoms with Crippen LogP contribution in [0.3, 0.4) is 0 Å². The molecule has 3 aromatic rings. The first-order chi connectivity index (χ1) is 15.7. The molecule has 33 heavy (non-hydrogen) atoms. The minimum atomic E-state index is -3.47. The Labute approximate surface area is 193 Å². The Hall–Kier alpha value is -3.31. The molecule has 4 rings (SSSR count). The van der Waals surface area contributed by atoms with Crippen molar-refractivity contribution in [2.75, 3.05) is 34.8 Å². The van der Waals surface area contributed by atoms with Crippen molar-refractivity contribution < 1.29 is 13.2 Å². The van der Waals surface area contributed by atoms with E-state index >= 15 is 0 Å². The first kappa shape index (κ1) is 22.9. The van der Waals surface area contributed by atoms with E-state index in [1.807, 2.05) is 38.1 Å². The first-order valence-corrected chi connectivity index (χ1v) is 12.4. The van der Waals surface area contributed by atoms with Crippen LogP contribution in [0.5, 0.6) is 0 Å². The quantitative estimate of drug-likeness (QED) is 0.534. The molecule has 0 amide bonds. The highest BCUT2D eigenvalue weighted by Crippen LogP contribution is 2.36. The van der Waals surface area contributed by atoms with E-state index in [0.717, 1.165) is 24.1 Å². The zero-order valence-corrected chi connectivity index (χ0v) is 19.8. The standard InChI is InChI=1S/C22H27N7O3S/c1-14-10-22(26-15(2)25-14)28-21-12-20(23-13-24-21)27-17-8-7-16(19-6-5-9-32-19)11-18(17)29(3)33(4,30)31/h7-8,10-13,19H,5-6,9H2,1-4H3,(H2,23,24,25,26,27,28). The number of hydrogen-bond acceptors (Lipinski definition) is 9. The van der Waals surface area contributed by atoms with Gasteiger partial charge in [0.25, 0.3) is 0 Å². The fourth-order valence-electron chi connectivity index (χ4n) is 3.68. The zero-order valence-electron chi connectivity index (χ0n) is 19.0. The molecule has 0 aliphatic carbocycles. The van der Waals surface area contributed by atoms with Crippen molar-refractivity contribution in [2.24, 2.45) is 0 Å². The highest BCUT2D eigenvalue weighted by atomic mass is 32.2. The number of ether oxygens (including phenoxy) is 1. The van der Waals surface area contributed by atoms with Crippen LogP contribution < -0.4 is 14.9 Å². The molecule has 1 aromatic carbocycles. The van der Waals surface area contributed by atoms with Crippen LogP contribution in [-0.4, -0.2) is 48.3 Å². The molecule has 2 aromatic heterocycles. The molecular weight excluding hydrogens is 442 g/mol. The topological polar surface area (TPSA) is 122 Å². The Bertz CT molecular complexity index is 1240. The van der Waals surface area contributed by atoms with Gasteiger partial charge in [-0.15, -0.1) is 0 Å². The summed E-state index contributed by atoms with van der Waals surface area (Å²) >= 11 is 0. The van der Waals surface area contributed by atoms with Gasteiger partial charge in [0, 0.05) is 31.5 Å². The Morgan fingerprint density at radius 3 is 2.45 bits per heavy atom. The number of benzene rings is 1. The minimum Gasteiger partial charge on any atom is -0.374 e. The van der Waals surface area contributed by atoms with Gasteiger partial charge >= 0.3 is 0 Å². The average Bonchev–Trinajstić information content (AvgIpc) is 3.27. The third-order valence-electron chi connectivity index (χ3n) is 5.31. The van der Waals surface area contributed by atoms with Crippen LogP contribution in [0, 0.1) is 13.8 Å². The number of anilines is 5. The number of aromatic nitrogens is 4. The number of nitrogens with one attached hydrogen (secondary N) is 2. The van der Waals surface area contributed by atoms with Crippen molar-refractivity contribution in [1.82, 2.24) is 19.9 Å². The molecule has 174 valence electrons. The normalized spacial score (nSPS) is 15.9. The van der Waals surface area contributed by atoms with E-state index in [0.29, 0.717) is 41.3 Å². The van der Waals surface area contributed by atoms with Gasteiger partial charge in [-0.3, -0.25) is 4.31 Å². The fraction of sp³-hybridized carbons (Fsp3) is 0.364. The summed E-state index contributed by atoms with van der Waals surface area (Å²) in [5.41, 5.74) is 2.91. The lowest BCUT2D eigenvalue weighted by Crippen LogP contribution is -2.25. The van der Waals surface area contributed by atoms with E-state index in [4.69, 9.17) is 4.74 Å². The molecule has 3 heterocycles. The Balaban J connectivity index is 1.63. The van der Waals surface area contributed by atoms with Gasteiger partial charge in [-0.1, -0.05) is 6.07 Å². The van der Waals surface area contributed by atoms with E-state index < -0.39 is 10.0 Å². The van der Waals surface area contributed by atoms with E-state index in [-0.39, 0.29) is 6.10 Å². The molecule has 0 radical (unpaired) electrons. The van der Waals surface area contributed by atoms with E-state index in [9.17, 15) is 8.42 Å². The van der Waals surface area contributed by atoms with Crippen LogP contribution >= 0.6 is 0 Å². The lowest BCUT2D eigenvalue weighted by molar-refractivity contribution is 0.112. The summed E-state index contributed by atoms with van der Waals surface area (Å²) < 4.78 is 31.6. The molecule has 0 bridgehead atoms. The van der Waals surface area contributed by atoms with Crippen molar-refractivity contribution in [3.63, 3.8) is 0 Å². The first-order valence-electron chi connectivity index (χ1n) is 10.6. The summed E-state index contributed by atoms with van der Waals surface area (Å²) in [5.74, 6) is 2.33. The molecule has 1 aliphatic heterocycles. The monoisotopic (exact) mass is 469 g/mol. The Kier molecular flexibility index (Phi) is 6.43. The summed E-state index contributed by atoms with van der Waals surface area (Å²) in [5, 5.41) is 6.38. The van der Waals surface area contributed by atoms with Crippen LogP contribution in [0.1, 0.15) is 36.0 Å². The van der Waals surface area contributed by atoms with Gasteiger partial charge in [0.05, 0.1) is 23.7 Å². The summed E-state index contributed by atoms with van der Waals surface area (Å²) in [4.78, 5) is 17.2. The van der Waals surface area contributed by atoms with Crippen LogP contribution in [-0.2, 0) is 14.8 Å². The largest absolute Gasteiger partial charge is 0.374 e. The fourth-order valence-corrected chi connectivity index (χ4v) is 4.19. The number of hydrogen-bond donors (Lipinski definition) is 2. The van der Waals surface area contributed by atoms with Crippen molar-refractivity contribution >= 4 is 38.9 Å². The van der Waals surface area contributed by atoms with Crippen LogP contribution in [0.2, 0.25) is 0 Å². The maximum Gasteiger partial charge on any atom is 0.232 e. The summed E-state index contributed by atoms with van der Waals surface area (Å²) in [6.07, 6.45) is 4.47. The maximum absolute atomic E-state index is 12.3. The van der Waals surface area contributed by atoms with Crippen LogP contribution in [0.15, 0.2) is 36.7 Å². The second kappa shape index (κ2) is 9.28. The minimum absolute atomic E-state index is 0.0274. The van der Waals surface area contributed by atoms with E-state index in [1.54, 1.807) is 6.07 Å². The van der Waals surface area contributed by atoms with Crippen LogP contribution in [0.4, 0.5) is 28.8 Å². The zero-order chi connectivity index (χ0) is 23.6. The Morgan fingerprint density at radius 1 is 1.03 bits per heavy atom. The summed E-state index contributed by atoms with van der Waals surface area (Å²) in [7, 11) is -1.95. The SMILES string of the molecule is Cc1cc(Nc2cc(Nc3ccc(C4CCCO4)cc3N(C)S(C)(=O)=O)ncn2)nc(C)n1. The van der Waals surface area contributed by atoms with Crippen LogP contribution in [0.25, 0.3) is 0 Å². The van der Waals surface area contributed by atoms with Gasteiger partial charge in [0.15, 0.2) is 0 Å². The smallest absolute Gasteiger partial charge is 0.232 e. The molecular formula is C22H27N7O3S. The number of rotatable bonds is 7. The molecule has 1 fully saturated rings. The van der Waals surface area contributed by atoms with E-state index in [1.165, 1.54) is 23.9 Å². The molecule has 1 saturated heterocycles. The molecule has 10 nitrogen and oxygen atoms in total. The highest BCUT2D eigenvalue weighted by Gasteiger charge is 2.22. The van der Waals surface area contributed by atoms with Gasteiger partial charge in [-0.2, -0.15) is 0 Å².